The summed E-state index contributed by atoms with van der Waals surface area (Å²) in [5, 5.41) is 6.43. The number of hydrogen-bond donors (Lipinski definition) is 2. The second kappa shape index (κ2) is 5.38. The van der Waals surface area contributed by atoms with Crippen molar-refractivity contribution < 1.29 is 4.79 Å². The minimum Gasteiger partial charge on any atom is -0.341 e. The molecule has 1 amide bonds. The van der Waals surface area contributed by atoms with Crippen molar-refractivity contribution in [3.8, 4) is 0 Å². The van der Waals surface area contributed by atoms with E-state index in [2.05, 4.69) is 50.2 Å². The normalized spacial score (nSPS) is 32.8. The number of guanidine groups is 1. The summed E-state index contributed by atoms with van der Waals surface area (Å²) < 4.78 is 0. The summed E-state index contributed by atoms with van der Waals surface area (Å²) in [7, 11) is 0. The Morgan fingerprint density at radius 1 is 1.35 bits per heavy atom. The maximum atomic E-state index is 12.6. The molecule has 0 aromatic heterocycles. The summed E-state index contributed by atoms with van der Waals surface area (Å²) in [6.07, 6.45) is 4.37. The van der Waals surface area contributed by atoms with Gasteiger partial charge in [0.2, 0.25) is 0 Å². The molecule has 1 aliphatic heterocycles. The smallest absolute Gasteiger partial charge is 0.252 e. The molecule has 0 radical (unpaired) electrons. The Hall–Kier alpha value is -1.06. The van der Waals surface area contributed by atoms with Gasteiger partial charge in [0.1, 0.15) is 5.54 Å². The van der Waals surface area contributed by atoms with Gasteiger partial charge in [0, 0.05) is 6.54 Å². The third kappa shape index (κ3) is 2.84. The lowest BCUT2D eigenvalue weighted by molar-refractivity contribution is -0.129. The number of carbonyl (C=O) groups is 1. The molecule has 114 valence electrons. The highest BCUT2D eigenvalue weighted by Gasteiger charge is 2.55. The Morgan fingerprint density at radius 3 is 2.65 bits per heavy atom. The van der Waals surface area contributed by atoms with Crippen LogP contribution in [0.25, 0.3) is 0 Å². The summed E-state index contributed by atoms with van der Waals surface area (Å²) in [6, 6.07) is 0. The highest BCUT2D eigenvalue weighted by molar-refractivity contribution is 6.09. The first-order chi connectivity index (χ1) is 9.25. The SMILES string of the molecule is CC(C)CN=C1NC(=O)C2(CCCCC2C(C)(C)C)N1. The van der Waals surface area contributed by atoms with Crippen LogP contribution in [0, 0.1) is 17.3 Å². The minimum atomic E-state index is -0.438. The van der Waals surface area contributed by atoms with Crippen molar-refractivity contribution >= 4 is 11.9 Å². The van der Waals surface area contributed by atoms with Crippen LogP contribution in [0.2, 0.25) is 0 Å². The summed E-state index contributed by atoms with van der Waals surface area (Å²) in [6.45, 7) is 11.7. The fraction of sp³-hybridized carbons (Fsp3) is 0.875. The van der Waals surface area contributed by atoms with Crippen molar-refractivity contribution in [3.63, 3.8) is 0 Å². The summed E-state index contributed by atoms with van der Waals surface area (Å²) >= 11 is 0. The van der Waals surface area contributed by atoms with Gasteiger partial charge in [-0.1, -0.05) is 47.5 Å². The lowest BCUT2D eigenvalue weighted by atomic mass is 9.62. The van der Waals surface area contributed by atoms with Gasteiger partial charge in [-0.3, -0.25) is 15.1 Å². The Kier molecular flexibility index (Phi) is 4.12. The van der Waals surface area contributed by atoms with Gasteiger partial charge < -0.3 is 5.32 Å². The Balaban J connectivity index is 2.24. The molecule has 2 aliphatic rings. The van der Waals surface area contributed by atoms with E-state index in [1.165, 1.54) is 6.42 Å². The van der Waals surface area contributed by atoms with Gasteiger partial charge in [-0.05, 0) is 30.1 Å². The molecule has 0 bridgehead atoms. The average Bonchev–Trinajstić information content (AvgIpc) is 2.63. The van der Waals surface area contributed by atoms with E-state index in [0.717, 1.165) is 25.8 Å². The monoisotopic (exact) mass is 279 g/mol. The van der Waals surface area contributed by atoms with E-state index in [0.29, 0.717) is 17.8 Å². The van der Waals surface area contributed by atoms with Crippen molar-refractivity contribution in [2.75, 3.05) is 6.54 Å². The largest absolute Gasteiger partial charge is 0.341 e. The van der Waals surface area contributed by atoms with Crippen LogP contribution in [0.3, 0.4) is 0 Å². The Labute approximate surface area is 122 Å². The molecule has 2 atom stereocenters. The van der Waals surface area contributed by atoms with E-state index < -0.39 is 5.54 Å². The second-order valence-electron chi connectivity index (χ2n) is 7.80. The lowest BCUT2D eigenvalue weighted by Crippen LogP contribution is -2.58. The highest BCUT2D eigenvalue weighted by Crippen LogP contribution is 2.45. The van der Waals surface area contributed by atoms with E-state index >= 15 is 0 Å². The van der Waals surface area contributed by atoms with Crippen LogP contribution in [0.15, 0.2) is 4.99 Å². The molecule has 2 fully saturated rings. The van der Waals surface area contributed by atoms with E-state index in [-0.39, 0.29) is 11.3 Å². The van der Waals surface area contributed by atoms with Gasteiger partial charge >= 0.3 is 0 Å². The molecule has 0 aromatic rings. The van der Waals surface area contributed by atoms with Crippen LogP contribution in [0.5, 0.6) is 0 Å². The van der Waals surface area contributed by atoms with E-state index in [9.17, 15) is 4.79 Å². The molecule has 2 rings (SSSR count). The Morgan fingerprint density at radius 2 is 2.05 bits per heavy atom. The van der Waals surface area contributed by atoms with Crippen LogP contribution in [-0.2, 0) is 4.79 Å². The van der Waals surface area contributed by atoms with Crippen LogP contribution in [0.4, 0.5) is 0 Å². The molecule has 2 unspecified atom stereocenters. The van der Waals surface area contributed by atoms with E-state index in [1.54, 1.807) is 0 Å². The fourth-order valence-electron chi connectivity index (χ4n) is 3.64. The molecule has 1 saturated carbocycles. The lowest BCUT2D eigenvalue weighted by Gasteiger charge is -2.46. The quantitative estimate of drug-likeness (QED) is 0.816. The second-order valence-corrected chi connectivity index (χ2v) is 7.80. The van der Waals surface area contributed by atoms with Crippen LogP contribution >= 0.6 is 0 Å². The molecule has 0 aromatic carbocycles. The van der Waals surface area contributed by atoms with Gasteiger partial charge in [0.25, 0.3) is 5.91 Å². The van der Waals surface area contributed by atoms with E-state index in [1.807, 2.05) is 0 Å². The van der Waals surface area contributed by atoms with Crippen LogP contribution in [0.1, 0.15) is 60.3 Å². The molecule has 1 heterocycles. The molecular weight excluding hydrogens is 250 g/mol. The third-order valence-corrected chi connectivity index (χ3v) is 4.55. The summed E-state index contributed by atoms with van der Waals surface area (Å²) in [5.41, 5.74) is -0.315. The first-order valence-electron chi connectivity index (χ1n) is 7.90. The maximum absolute atomic E-state index is 12.6. The van der Waals surface area contributed by atoms with Crippen molar-refractivity contribution in [2.24, 2.45) is 22.2 Å². The number of nitrogens with zero attached hydrogens (tertiary/aromatic N) is 1. The van der Waals surface area contributed by atoms with Gasteiger partial charge in [0.15, 0.2) is 5.96 Å². The number of aliphatic imine (C=N–C) groups is 1. The molecule has 4 heteroatoms. The topological polar surface area (TPSA) is 53.5 Å². The fourth-order valence-corrected chi connectivity index (χ4v) is 3.64. The third-order valence-electron chi connectivity index (χ3n) is 4.55. The maximum Gasteiger partial charge on any atom is 0.252 e. The number of amides is 1. The average molecular weight is 279 g/mol. The molecule has 20 heavy (non-hydrogen) atoms. The van der Waals surface area contributed by atoms with Gasteiger partial charge in [0.05, 0.1) is 0 Å². The number of carbonyl (C=O) groups excluding carboxylic acids is 1. The number of rotatable bonds is 2. The molecule has 1 aliphatic carbocycles. The standard InChI is InChI=1S/C16H29N3O/c1-11(2)10-17-14-18-13(20)16(19-14)9-7-6-8-12(16)15(3,4)5/h11-12H,6-10H2,1-5H3,(H2,17,18,19,20). The number of hydrogen-bond acceptors (Lipinski definition) is 2. The van der Waals surface area contributed by atoms with Gasteiger partial charge in [-0.2, -0.15) is 0 Å². The zero-order valence-electron chi connectivity index (χ0n) is 13.5. The predicted molar refractivity (Wildman–Crippen MR) is 82.6 cm³/mol. The van der Waals surface area contributed by atoms with E-state index in [4.69, 9.17) is 0 Å². The minimum absolute atomic E-state index is 0.123. The summed E-state index contributed by atoms with van der Waals surface area (Å²) in [4.78, 5) is 17.1. The molecular formula is C16H29N3O. The molecule has 1 spiro atoms. The zero-order valence-corrected chi connectivity index (χ0v) is 13.5. The molecule has 4 nitrogen and oxygen atoms in total. The van der Waals surface area contributed by atoms with Gasteiger partial charge in [-0.25, -0.2) is 0 Å². The highest BCUT2D eigenvalue weighted by atomic mass is 16.2. The Bertz CT molecular complexity index is 408. The van der Waals surface area contributed by atoms with Crippen molar-refractivity contribution in [1.82, 2.24) is 10.6 Å². The van der Waals surface area contributed by atoms with Crippen LogP contribution < -0.4 is 10.6 Å². The molecule has 2 N–H and O–H groups in total. The molecule has 1 saturated heterocycles. The van der Waals surface area contributed by atoms with Crippen molar-refractivity contribution in [1.29, 1.82) is 0 Å². The zero-order chi connectivity index (χ0) is 15.0. The predicted octanol–water partition coefficient (Wildman–Crippen LogP) is 2.69. The van der Waals surface area contributed by atoms with Crippen LogP contribution in [-0.4, -0.2) is 24.0 Å². The van der Waals surface area contributed by atoms with Gasteiger partial charge in [-0.15, -0.1) is 0 Å². The first kappa shape index (κ1) is 15.3. The summed E-state index contributed by atoms with van der Waals surface area (Å²) in [5.74, 6) is 1.66. The number of nitrogens with one attached hydrogen (secondary N) is 2. The van der Waals surface area contributed by atoms with Crippen molar-refractivity contribution in [3.05, 3.63) is 0 Å². The van der Waals surface area contributed by atoms with Crippen molar-refractivity contribution in [2.45, 2.75) is 65.8 Å². The first-order valence-corrected chi connectivity index (χ1v) is 7.90.